The SMILES string of the molecule is CCCOC1C[C@H]2[C@@H]3CC[C@H]4N(C)C(=O)CC[C@]4(C)[C@H]3CC[C@]2(C)C1. The molecule has 0 aromatic heterocycles. The van der Waals surface area contributed by atoms with Gasteiger partial charge < -0.3 is 9.64 Å². The van der Waals surface area contributed by atoms with Crippen LogP contribution in [-0.4, -0.2) is 36.6 Å². The van der Waals surface area contributed by atoms with Crippen LogP contribution in [0.3, 0.4) is 0 Å². The van der Waals surface area contributed by atoms with Gasteiger partial charge in [0.2, 0.25) is 5.91 Å². The zero-order valence-corrected chi connectivity index (χ0v) is 16.7. The van der Waals surface area contributed by atoms with Gasteiger partial charge in [0.1, 0.15) is 0 Å². The first-order valence-corrected chi connectivity index (χ1v) is 10.8. The molecule has 4 rings (SSSR count). The lowest BCUT2D eigenvalue weighted by atomic mass is 9.47. The average Bonchev–Trinajstić information content (AvgIpc) is 2.93. The molecule has 3 nitrogen and oxygen atoms in total. The second-order valence-electron chi connectivity index (χ2n) is 10.1. The van der Waals surface area contributed by atoms with E-state index in [9.17, 15) is 4.79 Å². The van der Waals surface area contributed by atoms with Crippen molar-refractivity contribution in [1.82, 2.24) is 4.90 Å². The lowest BCUT2D eigenvalue weighted by Crippen LogP contribution is -2.61. The second kappa shape index (κ2) is 6.25. The number of carbonyl (C=O) groups is 1. The van der Waals surface area contributed by atoms with Crippen LogP contribution in [0.4, 0.5) is 0 Å². The Hall–Kier alpha value is -0.570. The van der Waals surface area contributed by atoms with Gasteiger partial charge in [0.25, 0.3) is 0 Å². The maximum atomic E-state index is 12.2. The van der Waals surface area contributed by atoms with Gasteiger partial charge in [0.05, 0.1) is 6.10 Å². The molecule has 0 spiro atoms. The fourth-order valence-electron chi connectivity index (χ4n) is 7.56. The van der Waals surface area contributed by atoms with E-state index in [1.807, 2.05) is 0 Å². The van der Waals surface area contributed by atoms with Crippen LogP contribution in [0.1, 0.15) is 78.6 Å². The van der Waals surface area contributed by atoms with Crippen LogP contribution in [0.15, 0.2) is 0 Å². The molecule has 3 heteroatoms. The molecule has 1 aliphatic heterocycles. The molecule has 142 valence electrons. The zero-order chi connectivity index (χ0) is 17.8. The largest absolute Gasteiger partial charge is 0.378 e. The molecule has 4 aliphatic rings. The minimum Gasteiger partial charge on any atom is -0.378 e. The van der Waals surface area contributed by atoms with Gasteiger partial charge in [-0.2, -0.15) is 0 Å². The maximum Gasteiger partial charge on any atom is 0.222 e. The van der Waals surface area contributed by atoms with E-state index >= 15 is 0 Å². The third-order valence-electron chi connectivity index (χ3n) is 8.84. The Balaban J connectivity index is 1.55. The Kier molecular flexibility index (Phi) is 4.46. The summed E-state index contributed by atoms with van der Waals surface area (Å²) in [7, 11) is 2.06. The molecule has 1 heterocycles. The second-order valence-corrected chi connectivity index (χ2v) is 10.1. The van der Waals surface area contributed by atoms with Crippen molar-refractivity contribution in [2.75, 3.05) is 13.7 Å². The summed E-state index contributed by atoms with van der Waals surface area (Å²) in [6.45, 7) is 8.20. The summed E-state index contributed by atoms with van der Waals surface area (Å²) in [5, 5.41) is 0. The van der Waals surface area contributed by atoms with Crippen LogP contribution < -0.4 is 0 Å². The number of ether oxygens (including phenoxy) is 1. The van der Waals surface area contributed by atoms with E-state index in [1.54, 1.807) is 0 Å². The monoisotopic (exact) mass is 347 g/mol. The fourth-order valence-corrected chi connectivity index (χ4v) is 7.56. The highest BCUT2D eigenvalue weighted by atomic mass is 16.5. The molecule has 0 radical (unpaired) electrons. The zero-order valence-electron chi connectivity index (χ0n) is 16.7. The third-order valence-corrected chi connectivity index (χ3v) is 8.84. The van der Waals surface area contributed by atoms with E-state index in [2.05, 4.69) is 32.7 Å². The van der Waals surface area contributed by atoms with Crippen molar-refractivity contribution < 1.29 is 9.53 Å². The van der Waals surface area contributed by atoms with Crippen LogP contribution in [0.5, 0.6) is 0 Å². The number of hydrogen-bond acceptors (Lipinski definition) is 2. The normalized spacial score (nSPS) is 49.5. The molecular weight excluding hydrogens is 310 g/mol. The van der Waals surface area contributed by atoms with Crippen molar-refractivity contribution in [3.63, 3.8) is 0 Å². The summed E-state index contributed by atoms with van der Waals surface area (Å²) in [5.74, 6) is 2.88. The summed E-state index contributed by atoms with van der Waals surface area (Å²) in [6, 6.07) is 0.480. The lowest BCUT2D eigenvalue weighted by Gasteiger charge is -2.61. The van der Waals surface area contributed by atoms with Crippen LogP contribution in [0.25, 0.3) is 0 Å². The number of rotatable bonds is 3. The van der Waals surface area contributed by atoms with Gasteiger partial charge in [0.15, 0.2) is 0 Å². The van der Waals surface area contributed by atoms with Gasteiger partial charge in [-0.05, 0) is 80.0 Å². The molecule has 1 saturated heterocycles. The van der Waals surface area contributed by atoms with Crippen molar-refractivity contribution in [2.24, 2.45) is 28.6 Å². The van der Waals surface area contributed by atoms with Crippen molar-refractivity contribution in [2.45, 2.75) is 90.7 Å². The number of fused-ring (bicyclic) bond motifs is 5. The summed E-state index contributed by atoms with van der Waals surface area (Å²) >= 11 is 0. The highest BCUT2D eigenvalue weighted by molar-refractivity contribution is 5.77. The Labute approximate surface area is 153 Å². The Morgan fingerprint density at radius 1 is 1.16 bits per heavy atom. The minimum atomic E-state index is 0.343. The summed E-state index contributed by atoms with van der Waals surface area (Å²) in [4.78, 5) is 14.3. The molecule has 1 unspecified atom stereocenters. The molecular formula is C22H37NO2. The number of amides is 1. The number of piperidine rings is 1. The molecule has 0 N–H and O–H groups in total. The molecule has 7 atom stereocenters. The highest BCUT2D eigenvalue weighted by Gasteiger charge is 2.60. The highest BCUT2D eigenvalue weighted by Crippen LogP contribution is 2.64. The number of nitrogens with zero attached hydrogens (tertiary/aromatic N) is 1. The van der Waals surface area contributed by atoms with Crippen LogP contribution in [0.2, 0.25) is 0 Å². The van der Waals surface area contributed by atoms with E-state index in [1.165, 1.54) is 38.5 Å². The van der Waals surface area contributed by atoms with Crippen LogP contribution in [0, 0.1) is 28.6 Å². The van der Waals surface area contributed by atoms with Crippen LogP contribution in [-0.2, 0) is 9.53 Å². The lowest BCUT2D eigenvalue weighted by molar-refractivity contribution is -0.156. The average molecular weight is 348 g/mol. The molecule has 1 amide bonds. The first kappa shape index (κ1) is 17.8. The Morgan fingerprint density at radius 3 is 2.72 bits per heavy atom. The van der Waals surface area contributed by atoms with Crippen LogP contribution >= 0.6 is 0 Å². The van der Waals surface area contributed by atoms with Gasteiger partial charge in [-0.3, -0.25) is 4.79 Å². The third kappa shape index (κ3) is 2.67. The fraction of sp³-hybridized carbons (Fsp3) is 0.955. The first-order chi connectivity index (χ1) is 11.9. The van der Waals surface area contributed by atoms with E-state index in [4.69, 9.17) is 4.74 Å². The number of hydrogen-bond donors (Lipinski definition) is 0. The van der Waals surface area contributed by atoms with E-state index in [-0.39, 0.29) is 0 Å². The van der Waals surface area contributed by atoms with Gasteiger partial charge in [0, 0.05) is 26.1 Å². The molecule has 3 aliphatic carbocycles. The van der Waals surface area contributed by atoms with Crippen molar-refractivity contribution >= 4 is 5.91 Å². The first-order valence-electron chi connectivity index (χ1n) is 10.8. The van der Waals surface area contributed by atoms with Crippen molar-refractivity contribution in [3.8, 4) is 0 Å². The van der Waals surface area contributed by atoms with E-state index in [0.29, 0.717) is 28.9 Å². The predicted molar refractivity (Wildman–Crippen MR) is 100 cm³/mol. The van der Waals surface area contributed by atoms with Crippen molar-refractivity contribution in [3.05, 3.63) is 0 Å². The van der Waals surface area contributed by atoms with Gasteiger partial charge in [-0.1, -0.05) is 20.8 Å². The quantitative estimate of drug-likeness (QED) is 0.744. The number of likely N-dealkylation sites (tertiary alicyclic amines) is 1. The Bertz CT molecular complexity index is 534. The molecule has 25 heavy (non-hydrogen) atoms. The van der Waals surface area contributed by atoms with E-state index < -0.39 is 0 Å². The molecule has 0 bridgehead atoms. The maximum absolute atomic E-state index is 12.2. The topological polar surface area (TPSA) is 29.5 Å². The summed E-state index contributed by atoms with van der Waals surface area (Å²) in [5.41, 5.74) is 0.842. The summed E-state index contributed by atoms with van der Waals surface area (Å²) in [6.07, 6.45) is 11.3. The van der Waals surface area contributed by atoms with Gasteiger partial charge >= 0.3 is 0 Å². The predicted octanol–water partition coefficient (Wildman–Crippen LogP) is 4.65. The van der Waals surface area contributed by atoms with Gasteiger partial charge in [-0.15, -0.1) is 0 Å². The summed E-state index contributed by atoms with van der Waals surface area (Å²) < 4.78 is 6.20. The molecule has 3 saturated carbocycles. The molecule has 4 fully saturated rings. The standard InChI is InChI=1S/C22H37NO2/c1-5-12-25-15-13-18-16-6-7-19-22(3,11-9-20(24)23(19)4)17(16)8-10-21(18,2)14-15/h15-19H,5-14H2,1-4H3/t15?,16-,17+,18+,19-,21-,22-/m1/s1. The Morgan fingerprint density at radius 2 is 1.96 bits per heavy atom. The van der Waals surface area contributed by atoms with E-state index in [0.717, 1.165) is 43.6 Å². The minimum absolute atomic E-state index is 0.343. The van der Waals surface area contributed by atoms with Gasteiger partial charge in [-0.25, -0.2) is 0 Å². The molecule has 0 aromatic carbocycles. The number of carbonyl (C=O) groups excluding carboxylic acids is 1. The smallest absolute Gasteiger partial charge is 0.222 e. The molecule has 0 aromatic rings. The van der Waals surface area contributed by atoms with Crippen molar-refractivity contribution in [1.29, 1.82) is 0 Å².